The molecule has 0 fully saturated rings. The third-order valence-electron chi connectivity index (χ3n) is 1.66. The fourth-order valence-electron chi connectivity index (χ4n) is 1.22. The summed E-state index contributed by atoms with van der Waals surface area (Å²) in [5, 5.41) is 19.6. The maximum Gasteiger partial charge on any atom is 0.275 e. The van der Waals surface area contributed by atoms with E-state index in [4.69, 9.17) is 9.90 Å². The van der Waals surface area contributed by atoms with E-state index in [1.165, 1.54) is 12.1 Å². The number of rotatable bonds is 1. The largest absolute Gasteiger partial charge is 0.508 e. The molecule has 0 aromatic heterocycles. The summed E-state index contributed by atoms with van der Waals surface area (Å²) in [7, 11) is 0. The highest BCUT2D eigenvalue weighted by molar-refractivity contribution is 5.50. The Balaban J connectivity index is 0.000000791. The number of nitro benzene ring substituents is 1. The summed E-state index contributed by atoms with van der Waals surface area (Å²) < 4.78 is 0. The van der Waals surface area contributed by atoms with Gasteiger partial charge in [-0.25, -0.2) is 0 Å². The number of aryl methyl sites for hydroxylation is 2. The first-order valence-electron chi connectivity index (χ1n) is 3.76. The predicted molar refractivity (Wildman–Crippen MR) is 51.4 cm³/mol. The molecule has 0 amide bonds. The normalized spacial score (nSPS) is 8.71. The van der Waals surface area contributed by atoms with Crippen LogP contribution >= 0.6 is 0 Å². The van der Waals surface area contributed by atoms with E-state index in [0.717, 1.165) is 0 Å². The average Bonchev–Trinajstić information content (AvgIpc) is 2.04. The smallest absolute Gasteiger partial charge is 0.275 e. The number of carbonyl (C=O) groups is 1. The van der Waals surface area contributed by atoms with Gasteiger partial charge in [-0.1, -0.05) is 0 Å². The summed E-state index contributed by atoms with van der Waals surface area (Å²) in [5.74, 6) is 0.0654. The van der Waals surface area contributed by atoms with Gasteiger partial charge in [0.15, 0.2) is 0 Å². The van der Waals surface area contributed by atoms with Crippen LogP contribution in [0.5, 0.6) is 5.75 Å². The molecule has 0 bridgehead atoms. The highest BCUT2D eigenvalue weighted by Gasteiger charge is 2.14. The second-order valence-corrected chi connectivity index (χ2v) is 2.69. The Kier molecular flexibility index (Phi) is 4.28. The van der Waals surface area contributed by atoms with Crippen LogP contribution in [0.1, 0.15) is 11.1 Å². The van der Waals surface area contributed by atoms with Crippen molar-refractivity contribution in [2.24, 2.45) is 0 Å². The van der Waals surface area contributed by atoms with E-state index in [1.807, 2.05) is 6.79 Å². The van der Waals surface area contributed by atoms with Crippen LogP contribution in [0.25, 0.3) is 0 Å². The number of nitro groups is 1. The van der Waals surface area contributed by atoms with Gasteiger partial charge in [0, 0.05) is 11.1 Å². The van der Waals surface area contributed by atoms with Crippen molar-refractivity contribution >= 4 is 12.5 Å². The van der Waals surface area contributed by atoms with Gasteiger partial charge in [-0.15, -0.1) is 0 Å². The number of phenols is 1. The van der Waals surface area contributed by atoms with Crippen molar-refractivity contribution in [1.82, 2.24) is 0 Å². The van der Waals surface area contributed by atoms with Crippen LogP contribution in [0.15, 0.2) is 12.1 Å². The van der Waals surface area contributed by atoms with Gasteiger partial charge in [0.1, 0.15) is 12.5 Å². The molecule has 0 saturated heterocycles. The maximum absolute atomic E-state index is 10.5. The van der Waals surface area contributed by atoms with Crippen molar-refractivity contribution in [1.29, 1.82) is 0 Å². The number of benzene rings is 1. The molecule has 0 aliphatic heterocycles. The third-order valence-corrected chi connectivity index (χ3v) is 1.66. The fraction of sp³-hybridized carbons (Fsp3) is 0.222. The Morgan fingerprint density at radius 2 is 1.64 bits per heavy atom. The van der Waals surface area contributed by atoms with Gasteiger partial charge in [-0.2, -0.15) is 0 Å². The Bertz CT molecular complexity index is 326. The lowest BCUT2D eigenvalue weighted by molar-refractivity contribution is -0.386. The Morgan fingerprint density at radius 1 is 1.29 bits per heavy atom. The summed E-state index contributed by atoms with van der Waals surface area (Å²) in [6.07, 6.45) is 0. The van der Waals surface area contributed by atoms with Crippen molar-refractivity contribution < 1.29 is 14.8 Å². The molecule has 0 radical (unpaired) electrons. The van der Waals surface area contributed by atoms with Crippen molar-refractivity contribution in [2.45, 2.75) is 13.8 Å². The average molecular weight is 197 g/mol. The number of hydrogen-bond donors (Lipinski definition) is 1. The lowest BCUT2D eigenvalue weighted by Gasteiger charge is -2.01. The molecule has 5 nitrogen and oxygen atoms in total. The lowest BCUT2D eigenvalue weighted by atomic mass is 10.1. The highest BCUT2D eigenvalue weighted by Crippen LogP contribution is 2.26. The van der Waals surface area contributed by atoms with Crippen LogP contribution in [0, 0.1) is 24.0 Å². The molecule has 1 N–H and O–H groups in total. The second-order valence-electron chi connectivity index (χ2n) is 2.69. The molecule has 1 aromatic carbocycles. The third kappa shape index (κ3) is 2.55. The molecule has 0 saturated carbocycles. The minimum Gasteiger partial charge on any atom is -0.508 e. The first-order chi connectivity index (χ1) is 6.52. The van der Waals surface area contributed by atoms with Crippen LogP contribution in [0.4, 0.5) is 5.69 Å². The second kappa shape index (κ2) is 4.96. The topological polar surface area (TPSA) is 80.4 Å². The molecule has 76 valence electrons. The van der Waals surface area contributed by atoms with Crippen LogP contribution in [-0.2, 0) is 4.79 Å². The zero-order valence-corrected chi connectivity index (χ0v) is 7.98. The van der Waals surface area contributed by atoms with E-state index in [-0.39, 0.29) is 11.4 Å². The lowest BCUT2D eigenvalue weighted by Crippen LogP contribution is -1.94. The van der Waals surface area contributed by atoms with E-state index in [1.54, 1.807) is 13.8 Å². The van der Waals surface area contributed by atoms with E-state index in [0.29, 0.717) is 11.1 Å². The number of phenolic OH excluding ortho intramolecular Hbond substituents is 1. The standard InChI is InChI=1S/C8H9NO3.CH2O/c1-5-3-7(10)4-6(2)8(5)9(11)12;1-2/h3-4,10H,1-2H3;1H2. The van der Waals surface area contributed by atoms with Crippen molar-refractivity contribution in [2.75, 3.05) is 0 Å². The molecule has 0 spiro atoms. The van der Waals surface area contributed by atoms with E-state index in [2.05, 4.69) is 0 Å². The Labute approximate surface area is 81.1 Å². The van der Waals surface area contributed by atoms with Crippen LogP contribution < -0.4 is 0 Å². The molecule has 0 heterocycles. The maximum atomic E-state index is 10.5. The van der Waals surface area contributed by atoms with Gasteiger partial charge in [-0.05, 0) is 26.0 Å². The van der Waals surface area contributed by atoms with Crippen molar-refractivity contribution in [3.8, 4) is 5.75 Å². The molecule has 0 aliphatic rings. The fourth-order valence-corrected chi connectivity index (χ4v) is 1.22. The van der Waals surface area contributed by atoms with Crippen LogP contribution in [0.3, 0.4) is 0 Å². The number of nitrogens with zero attached hydrogens (tertiary/aromatic N) is 1. The molecule has 0 atom stereocenters. The molecule has 5 heteroatoms. The summed E-state index contributed by atoms with van der Waals surface area (Å²) >= 11 is 0. The Morgan fingerprint density at radius 3 is 1.93 bits per heavy atom. The predicted octanol–water partition coefficient (Wildman–Crippen LogP) is 1.73. The highest BCUT2D eigenvalue weighted by atomic mass is 16.6. The monoisotopic (exact) mass is 197 g/mol. The minimum atomic E-state index is -0.440. The van der Waals surface area contributed by atoms with Crippen molar-refractivity contribution in [3.05, 3.63) is 33.4 Å². The van der Waals surface area contributed by atoms with E-state index < -0.39 is 4.92 Å². The zero-order valence-electron chi connectivity index (χ0n) is 7.98. The zero-order chi connectivity index (χ0) is 11.3. The molecule has 1 aromatic rings. The summed E-state index contributed by atoms with van der Waals surface area (Å²) in [6, 6.07) is 2.76. The summed E-state index contributed by atoms with van der Waals surface area (Å²) in [5.41, 5.74) is 1.04. The SMILES string of the molecule is C=O.Cc1cc(O)cc(C)c1[N+](=O)[O-]. The van der Waals surface area contributed by atoms with Gasteiger partial charge in [0.25, 0.3) is 5.69 Å². The number of carbonyl (C=O) groups excluding carboxylic acids is 1. The molecule has 0 aliphatic carbocycles. The van der Waals surface area contributed by atoms with Crippen molar-refractivity contribution in [3.63, 3.8) is 0 Å². The molecule has 0 unspecified atom stereocenters. The summed E-state index contributed by atoms with van der Waals surface area (Å²) in [6.45, 7) is 5.20. The van der Waals surface area contributed by atoms with Gasteiger partial charge in [0.05, 0.1) is 4.92 Å². The van der Waals surface area contributed by atoms with Crippen LogP contribution in [-0.4, -0.2) is 16.8 Å². The molecule has 14 heavy (non-hydrogen) atoms. The number of hydrogen-bond acceptors (Lipinski definition) is 4. The number of aromatic hydroxyl groups is 1. The first kappa shape index (κ1) is 12.1. The van der Waals surface area contributed by atoms with Crippen LogP contribution in [0.2, 0.25) is 0 Å². The molecular weight excluding hydrogens is 186 g/mol. The minimum absolute atomic E-state index is 0.0654. The van der Waals surface area contributed by atoms with Gasteiger partial charge in [-0.3, -0.25) is 10.1 Å². The first-order valence-corrected chi connectivity index (χ1v) is 3.76. The molecule has 1 rings (SSSR count). The van der Waals surface area contributed by atoms with Gasteiger partial charge < -0.3 is 9.90 Å². The van der Waals surface area contributed by atoms with E-state index >= 15 is 0 Å². The van der Waals surface area contributed by atoms with Gasteiger partial charge in [0.2, 0.25) is 0 Å². The van der Waals surface area contributed by atoms with Gasteiger partial charge >= 0.3 is 0 Å². The molecular formula is C9H11NO4. The van der Waals surface area contributed by atoms with E-state index in [9.17, 15) is 10.1 Å². The quantitative estimate of drug-likeness (QED) is 0.549. The summed E-state index contributed by atoms with van der Waals surface area (Å²) in [4.78, 5) is 18.0. The Hall–Kier alpha value is -1.91.